The second-order valence-electron chi connectivity index (χ2n) is 5.19. The number of nitrogens with one attached hydrogen (secondary N) is 2. The van der Waals surface area contributed by atoms with Crippen LogP contribution in [0.3, 0.4) is 0 Å². The molecule has 0 aliphatic heterocycles. The number of methoxy groups -OCH3 is 1. The Morgan fingerprint density at radius 1 is 1.20 bits per heavy atom. The van der Waals surface area contributed by atoms with Crippen molar-refractivity contribution in [3.63, 3.8) is 0 Å². The van der Waals surface area contributed by atoms with Crippen LogP contribution < -0.4 is 10.6 Å². The van der Waals surface area contributed by atoms with E-state index >= 15 is 0 Å². The van der Waals surface area contributed by atoms with Gasteiger partial charge in [-0.3, -0.25) is 10.1 Å². The lowest BCUT2D eigenvalue weighted by molar-refractivity contribution is -0.140. The van der Waals surface area contributed by atoms with Crippen LogP contribution in [0.25, 0.3) is 0 Å². The highest BCUT2D eigenvalue weighted by molar-refractivity contribution is 7.15. The summed E-state index contributed by atoms with van der Waals surface area (Å²) in [6, 6.07) is 5.76. The number of hydrogen-bond acceptors (Lipinski definition) is 6. The van der Waals surface area contributed by atoms with E-state index in [-0.39, 0.29) is 17.8 Å². The molecule has 2 aromatic rings. The molecule has 0 saturated heterocycles. The zero-order valence-corrected chi connectivity index (χ0v) is 14.6. The zero-order chi connectivity index (χ0) is 18.1. The minimum Gasteiger partial charge on any atom is -0.469 e. The van der Waals surface area contributed by atoms with Crippen molar-refractivity contribution >= 4 is 28.5 Å². The number of benzene rings is 1. The molecule has 0 saturated carbocycles. The molecule has 2 N–H and O–H groups in total. The third-order valence-corrected chi connectivity index (χ3v) is 4.20. The predicted octanol–water partition coefficient (Wildman–Crippen LogP) is 2.54. The predicted molar refractivity (Wildman–Crippen MR) is 92.0 cm³/mol. The Kier molecular flexibility index (Phi) is 7.27. The van der Waals surface area contributed by atoms with Crippen molar-refractivity contribution in [3.8, 4) is 0 Å². The van der Waals surface area contributed by atoms with Gasteiger partial charge in [-0.2, -0.15) is 0 Å². The normalized spacial score (nSPS) is 10.3. The minimum absolute atomic E-state index is 0.261. The third kappa shape index (κ3) is 6.84. The number of aromatic nitrogens is 2. The van der Waals surface area contributed by atoms with E-state index in [1.165, 1.54) is 30.6 Å². The van der Waals surface area contributed by atoms with Gasteiger partial charge in [0.15, 0.2) is 0 Å². The first-order chi connectivity index (χ1) is 12.1. The quantitative estimate of drug-likeness (QED) is 0.700. The number of aryl methyl sites for hydroxylation is 1. The van der Waals surface area contributed by atoms with Crippen molar-refractivity contribution < 1.29 is 18.7 Å². The molecule has 1 aromatic carbocycles. The van der Waals surface area contributed by atoms with Crippen molar-refractivity contribution in [3.05, 3.63) is 40.7 Å². The molecule has 0 unspecified atom stereocenters. The molecular weight excluding hydrogens is 347 g/mol. The molecule has 0 atom stereocenters. The fourth-order valence-corrected chi connectivity index (χ4v) is 2.78. The minimum atomic E-state index is -0.376. The molecule has 2 rings (SSSR count). The molecular formula is C16H19FN4O3S. The standard InChI is InChI=1S/C16H19FN4O3S/c1-24-14(22)4-2-3-13-20-21-16(25-13)19-15(23)18-10-9-11-5-7-12(17)8-6-11/h5-8H,2-4,9-10H2,1H3,(H2,18,19,21,23). The lowest BCUT2D eigenvalue weighted by atomic mass is 10.1. The summed E-state index contributed by atoms with van der Waals surface area (Å²) < 4.78 is 17.4. The number of amides is 2. The summed E-state index contributed by atoms with van der Waals surface area (Å²) in [7, 11) is 1.35. The highest BCUT2D eigenvalue weighted by Crippen LogP contribution is 2.17. The molecule has 1 aromatic heterocycles. The molecule has 0 radical (unpaired) electrons. The molecule has 7 nitrogen and oxygen atoms in total. The molecule has 0 fully saturated rings. The number of esters is 1. The van der Waals surface area contributed by atoms with Crippen LogP contribution in [0, 0.1) is 5.82 Å². The molecule has 1 heterocycles. The number of rotatable bonds is 8. The van der Waals surface area contributed by atoms with Crippen molar-refractivity contribution in [2.45, 2.75) is 25.7 Å². The highest BCUT2D eigenvalue weighted by Gasteiger charge is 2.09. The van der Waals surface area contributed by atoms with Crippen molar-refractivity contribution in [1.29, 1.82) is 0 Å². The first kappa shape index (κ1) is 18.8. The average Bonchev–Trinajstić information content (AvgIpc) is 3.03. The Morgan fingerprint density at radius 2 is 1.96 bits per heavy atom. The van der Waals surface area contributed by atoms with Crippen LogP contribution in [-0.4, -0.2) is 35.9 Å². The third-order valence-electron chi connectivity index (χ3n) is 3.30. The van der Waals surface area contributed by atoms with Crippen LogP contribution in [0.2, 0.25) is 0 Å². The number of carbonyl (C=O) groups is 2. The van der Waals surface area contributed by atoms with Crippen molar-refractivity contribution in [2.24, 2.45) is 0 Å². The van der Waals surface area contributed by atoms with Crippen LogP contribution in [0.15, 0.2) is 24.3 Å². The van der Waals surface area contributed by atoms with Gasteiger partial charge in [0, 0.05) is 19.4 Å². The fraction of sp³-hybridized carbons (Fsp3) is 0.375. The van der Waals surface area contributed by atoms with E-state index < -0.39 is 0 Å². The first-order valence-electron chi connectivity index (χ1n) is 7.75. The zero-order valence-electron chi connectivity index (χ0n) is 13.8. The van der Waals surface area contributed by atoms with E-state index in [1.807, 2.05) is 0 Å². The smallest absolute Gasteiger partial charge is 0.321 e. The SMILES string of the molecule is COC(=O)CCCc1nnc(NC(=O)NCCc2ccc(F)cc2)s1. The van der Waals surface area contributed by atoms with E-state index in [0.29, 0.717) is 37.4 Å². The van der Waals surface area contributed by atoms with Crippen molar-refractivity contribution in [2.75, 3.05) is 19.0 Å². The second-order valence-corrected chi connectivity index (χ2v) is 6.25. The van der Waals surface area contributed by atoms with E-state index in [1.54, 1.807) is 12.1 Å². The average molecular weight is 366 g/mol. The topological polar surface area (TPSA) is 93.2 Å². The van der Waals surface area contributed by atoms with Gasteiger partial charge in [0.1, 0.15) is 10.8 Å². The first-order valence-corrected chi connectivity index (χ1v) is 8.57. The van der Waals surface area contributed by atoms with Crippen LogP contribution in [-0.2, 0) is 22.4 Å². The molecule has 9 heteroatoms. The molecule has 0 bridgehead atoms. The lowest BCUT2D eigenvalue weighted by Gasteiger charge is -2.05. The highest BCUT2D eigenvalue weighted by atomic mass is 32.1. The van der Waals surface area contributed by atoms with Crippen molar-refractivity contribution in [1.82, 2.24) is 15.5 Å². The van der Waals surface area contributed by atoms with Gasteiger partial charge in [-0.25, -0.2) is 9.18 Å². The Morgan fingerprint density at radius 3 is 2.68 bits per heavy atom. The van der Waals surface area contributed by atoms with Gasteiger partial charge < -0.3 is 10.1 Å². The monoisotopic (exact) mass is 366 g/mol. The number of urea groups is 1. The van der Waals surface area contributed by atoms with Crippen LogP contribution in [0.4, 0.5) is 14.3 Å². The van der Waals surface area contributed by atoms with Crippen LogP contribution in [0.5, 0.6) is 0 Å². The Labute approximate surface area is 148 Å². The summed E-state index contributed by atoms with van der Waals surface area (Å²) in [4.78, 5) is 22.8. The van der Waals surface area contributed by atoms with Gasteiger partial charge >= 0.3 is 12.0 Å². The largest absolute Gasteiger partial charge is 0.469 e. The van der Waals surface area contributed by atoms with Gasteiger partial charge in [-0.05, 0) is 30.5 Å². The summed E-state index contributed by atoms with van der Waals surface area (Å²) in [5, 5.41) is 14.3. The van der Waals surface area contributed by atoms with E-state index in [4.69, 9.17) is 0 Å². The number of ether oxygens (including phenoxy) is 1. The maximum Gasteiger partial charge on any atom is 0.321 e. The molecule has 25 heavy (non-hydrogen) atoms. The summed E-state index contributed by atoms with van der Waals surface area (Å²) in [5.74, 6) is -0.545. The Bertz CT molecular complexity index is 706. The van der Waals surface area contributed by atoms with Gasteiger partial charge in [-0.15, -0.1) is 10.2 Å². The Hall–Kier alpha value is -2.55. The van der Waals surface area contributed by atoms with E-state index in [2.05, 4.69) is 25.6 Å². The number of halogens is 1. The molecule has 2 amide bonds. The number of anilines is 1. The van der Waals surface area contributed by atoms with Gasteiger partial charge in [-0.1, -0.05) is 23.5 Å². The van der Waals surface area contributed by atoms with Gasteiger partial charge in [0.2, 0.25) is 5.13 Å². The molecule has 0 spiro atoms. The maximum absolute atomic E-state index is 12.8. The number of nitrogens with zero attached hydrogens (tertiary/aromatic N) is 2. The summed E-state index contributed by atoms with van der Waals surface area (Å²) in [5.41, 5.74) is 0.936. The maximum atomic E-state index is 12.8. The second kappa shape index (κ2) is 9.67. The fourth-order valence-electron chi connectivity index (χ4n) is 2.00. The number of carbonyl (C=O) groups excluding carboxylic acids is 2. The van der Waals surface area contributed by atoms with E-state index in [0.717, 1.165) is 10.6 Å². The van der Waals surface area contributed by atoms with Crippen LogP contribution >= 0.6 is 11.3 Å². The van der Waals surface area contributed by atoms with E-state index in [9.17, 15) is 14.0 Å². The van der Waals surface area contributed by atoms with Gasteiger partial charge in [0.05, 0.1) is 7.11 Å². The van der Waals surface area contributed by atoms with Crippen LogP contribution in [0.1, 0.15) is 23.4 Å². The molecule has 0 aliphatic carbocycles. The summed E-state index contributed by atoms with van der Waals surface area (Å²) in [6.07, 6.45) is 2.14. The number of hydrogen-bond donors (Lipinski definition) is 2. The Balaban J connectivity index is 1.68. The summed E-state index contributed by atoms with van der Waals surface area (Å²) >= 11 is 1.26. The lowest BCUT2D eigenvalue weighted by Crippen LogP contribution is -2.30. The van der Waals surface area contributed by atoms with Gasteiger partial charge in [0.25, 0.3) is 0 Å². The summed E-state index contributed by atoms with van der Waals surface area (Å²) in [6.45, 7) is 0.419. The molecule has 0 aliphatic rings. The molecule has 134 valence electrons.